The van der Waals surface area contributed by atoms with Gasteiger partial charge in [-0.15, -0.1) is 0 Å². The summed E-state index contributed by atoms with van der Waals surface area (Å²) in [6, 6.07) is 6.30. The van der Waals surface area contributed by atoms with Crippen LogP contribution in [0, 0.1) is 18.8 Å². The lowest BCUT2D eigenvalue weighted by atomic mass is 10.0. The number of rotatable bonds is 6. The van der Waals surface area contributed by atoms with Crippen molar-refractivity contribution in [3.8, 4) is 0 Å². The molecule has 1 saturated heterocycles. The molecule has 1 aliphatic carbocycles. The Morgan fingerprint density at radius 1 is 1.35 bits per heavy atom. The Bertz CT molecular complexity index is 858. The molecule has 1 aromatic carbocycles. The van der Waals surface area contributed by atoms with Gasteiger partial charge in [0.2, 0.25) is 5.91 Å². The van der Waals surface area contributed by atoms with Crippen LogP contribution < -0.4 is 0 Å². The van der Waals surface area contributed by atoms with Crippen LogP contribution in [0.3, 0.4) is 0 Å². The lowest BCUT2D eigenvalue weighted by molar-refractivity contribution is -0.130. The van der Waals surface area contributed by atoms with E-state index in [4.69, 9.17) is 4.74 Å². The Balaban J connectivity index is 1.41. The monoisotopic (exact) mass is 353 g/mol. The normalized spacial score (nSPS) is 21.0. The summed E-state index contributed by atoms with van der Waals surface area (Å²) >= 11 is 0. The number of carbonyl (C=O) groups is 2. The van der Waals surface area contributed by atoms with E-state index in [9.17, 15) is 9.59 Å². The lowest BCUT2D eigenvalue weighted by Gasteiger charge is -2.19. The molecule has 0 spiro atoms. The number of hydrogen-bond donors (Lipinski definition) is 0. The van der Waals surface area contributed by atoms with Crippen molar-refractivity contribution >= 4 is 11.9 Å². The lowest BCUT2D eigenvalue weighted by Crippen LogP contribution is -2.27. The fourth-order valence-corrected chi connectivity index (χ4v) is 3.70. The Morgan fingerprint density at radius 3 is 2.88 bits per heavy atom. The molecule has 1 aliphatic heterocycles. The minimum absolute atomic E-state index is 0.309. The van der Waals surface area contributed by atoms with E-state index in [1.165, 1.54) is 6.20 Å². The van der Waals surface area contributed by atoms with Gasteiger partial charge in [0, 0.05) is 25.2 Å². The molecule has 1 amide bonds. The highest BCUT2D eigenvalue weighted by atomic mass is 16.5. The number of piperidine rings is 1. The van der Waals surface area contributed by atoms with Crippen LogP contribution in [-0.4, -0.2) is 39.7 Å². The summed E-state index contributed by atoms with van der Waals surface area (Å²) in [4.78, 5) is 25.8. The Hall–Kier alpha value is -2.63. The first-order valence-electron chi connectivity index (χ1n) is 9.12. The highest BCUT2D eigenvalue weighted by molar-refractivity contribution is 5.88. The number of benzene rings is 1. The number of esters is 1. The predicted molar refractivity (Wildman–Crippen MR) is 95.5 cm³/mol. The Morgan fingerprint density at radius 2 is 2.19 bits per heavy atom. The SMILES string of the molecule is CCOC(=O)c1cnn(Cc2ccc(CN3CC4C[C@H]4C3=O)cc2C)c1. The molecule has 0 N–H and O–H groups in total. The third-order valence-corrected chi connectivity index (χ3v) is 5.26. The number of fused-ring (bicyclic) bond motifs is 1. The maximum absolute atomic E-state index is 12.1. The average molecular weight is 353 g/mol. The van der Waals surface area contributed by atoms with Gasteiger partial charge in [0.25, 0.3) is 0 Å². The third-order valence-electron chi connectivity index (χ3n) is 5.26. The van der Waals surface area contributed by atoms with Crippen molar-refractivity contribution in [2.45, 2.75) is 33.4 Å². The van der Waals surface area contributed by atoms with Crippen molar-refractivity contribution in [1.82, 2.24) is 14.7 Å². The zero-order chi connectivity index (χ0) is 18.3. The fraction of sp³-hybridized carbons (Fsp3) is 0.450. The molecule has 0 bridgehead atoms. The number of aryl methyl sites for hydroxylation is 1. The van der Waals surface area contributed by atoms with Gasteiger partial charge in [0.15, 0.2) is 0 Å². The number of likely N-dealkylation sites (tertiary alicyclic amines) is 1. The van der Waals surface area contributed by atoms with Crippen molar-refractivity contribution in [2.75, 3.05) is 13.2 Å². The van der Waals surface area contributed by atoms with Crippen LogP contribution in [0.4, 0.5) is 0 Å². The van der Waals surface area contributed by atoms with Gasteiger partial charge < -0.3 is 9.64 Å². The van der Waals surface area contributed by atoms with Crippen LogP contribution >= 0.6 is 0 Å². The van der Waals surface area contributed by atoms with Crippen LogP contribution in [0.1, 0.15) is 40.4 Å². The van der Waals surface area contributed by atoms with E-state index in [1.54, 1.807) is 17.8 Å². The van der Waals surface area contributed by atoms with Crippen molar-refractivity contribution in [3.05, 3.63) is 52.8 Å². The minimum atomic E-state index is -0.348. The van der Waals surface area contributed by atoms with Crippen LogP contribution in [-0.2, 0) is 22.6 Å². The van der Waals surface area contributed by atoms with Gasteiger partial charge in [-0.1, -0.05) is 18.2 Å². The second-order valence-electron chi connectivity index (χ2n) is 7.23. The van der Waals surface area contributed by atoms with Crippen molar-refractivity contribution in [3.63, 3.8) is 0 Å². The van der Waals surface area contributed by atoms with E-state index in [0.717, 1.165) is 29.7 Å². The number of aromatic nitrogens is 2. The van der Waals surface area contributed by atoms with Crippen LogP contribution in [0.5, 0.6) is 0 Å². The average Bonchev–Trinajstić information content (AvgIpc) is 3.10. The highest BCUT2D eigenvalue weighted by Crippen LogP contribution is 2.46. The number of carbonyl (C=O) groups excluding carboxylic acids is 2. The van der Waals surface area contributed by atoms with Gasteiger partial charge in [-0.3, -0.25) is 9.48 Å². The zero-order valence-corrected chi connectivity index (χ0v) is 15.1. The summed E-state index contributed by atoms with van der Waals surface area (Å²) in [7, 11) is 0. The molecule has 26 heavy (non-hydrogen) atoms. The first-order chi connectivity index (χ1) is 12.5. The standard InChI is InChI=1S/C20H23N3O3/c1-3-26-20(25)17-8-21-23(12-17)11-15-5-4-14(6-13(15)2)9-22-10-16-7-18(16)19(22)24/h4-6,8,12,16,18H,3,7,9-11H2,1-2H3/t16?,18-/m1/s1. The van der Waals surface area contributed by atoms with Gasteiger partial charge in [-0.25, -0.2) is 4.79 Å². The molecule has 136 valence electrons. The van der Waals surface area contributed by atoms with Crippen LogP contribution in [0.2, 0.25) is 0 Å². The molecule has 0 radical (unpaired) electrons. The van der Waals surface area contributed by atoms with E-state index in [-0.39, 0.29) is 5.97 Å². The summed E-state index contributed by atoms with van der Waals surface area (Å²) in [5, 5.41) is 4.25. The number of ether oxygens (including phenoxy) is 1. The molecule has 2 aromatic rings. The first-order valence-corrected chi connectivity index (χ1v) is 9.12. The van der Waals surface area contributed by atoms with E-state index in [2.05, 4.69) is 30.2 Å². The van der Waals surface area contributed by atoms with E-state index >= 15 is 0 Å². The summed E-state index contributed by atoms with van der Waals surface area (Å²) in [5.41, 5.74) is 3.93. The molecule has 2 atom stereocenters. The molecule has 6 heteroatoms. The largest absolute Gasteiger partial charge is 0.462 e. The second-order valence-corrected chi connectivity index (χ2v) is 7.23. The van der Waals surface area contributed by atoms with Gasteiger partial charge in [-0.05, 0) is 42.9 Å². The summed E-state index contributed by atoms with van der Waals surface area (Å²) < 4.78 is 6.73. The summed E-state index contributed by atoms with van der Waals surface area (Å²) in [5.74, 6) is 0.888. The minimum Gasteiger partial charge on any atom is -0.462 e. The summed E-state index contributed by atoms with van der Waals surface area (Å²) in [6.07, 6.45) is 4.33. The van der Waals surface area contributed by atoms with Gasteiger partial charge in [-0.2, -0.15) is 5.10 Å². The highest BCUT2D eigenvalue weighted by Gasteiger charge is 2.51. The molecule has 1 unspecified atom stereocenters. The maximum atomic E-state index is 12.1. The molecule has 1 saturated carbocycles. The first kappa shape index (κ1) is 16.8. The maximum Gasteiger partial charge on any atom is 0.341 e. The molecule has 4 rings (SSSR count). The molecule has 6 nitrogen and oxygen atoms in total. The van der Waals surface area contributed by atoms with E-state index in [1.807, 2.05) is 4.90 Å². The fourth-order valence-electron chi connectivity index (χ4n) is 3.70. The quantitative estimate of drug-likeness (QED) is 0.748. The molecule has 1 aromatic heterocycles. The molecule has 2 aliphatic rings. The van der Waals surface area contributed by atoms with Gasteiger partial charge >= 0.3 is 5.97 Å². The smallest absolute Gasteiger partial charge is 0.341 e. The topological polar surface area (TPSA) is 64.4 Å². The van der Waals surface area contributed by atoms with Crippen molar-refractivity contribution in [1.29, 1.82) is 0 Å². The van der Waals surface area contributed by atoms with E-state index in [0.29, 0.717) is 43.0 Å². The number of amides is 1. The van der Waals surface area contributed by atoms with Crippen LogP contribution in [0.15, 0.2) is 30.6 Å². The van der Waals surface area contributed by atoms with Crippen molar-refractivity contribution in [2.24, 2.45) is 11.8 Å². The zero-order valence-electron chi connectivity index (χ0n) is 15.1. The van der Waals surface area contributed by atoms with Gasteiger partial charge in [0.05, 0.1) is 24.9 Å². The molecule has 2 fully saturated rings. The second kappa shape index (κ2) is 6.59. The molecular weight excluding hydrogens is 330 g/mol. The summed E-state index contributed by atoms with van der Waals surface area (Å²) in [6.45, 7) is 6.41. The van der Waals surface area contributed by atoms with Gasteiger partial charge in [0.1, 0.15) is 0 Å². The molecule has 2 heterocycles. The predicted octanol–water partition coefficient (Wildman–Crippen LogP) is 2.39. The van der Waals surface area contributed by atoms with Crippen molar-refractivity contribution < 1.29 is 14.3 Å². The number of nitrogens with zero attached hydrogens (tertiary/aromatic N) is 3. The number of hydrogen-bond acceptors (Lipinski definition) is 4. The third kappa shape index (κ3) is 3.23. The molecular formula is C20H23N3O3. The van der Waals surface area contributed by atoms with E-state index < -0.39 is 0 Å². The Labute approximate surface area is 152 Å². The Kier molecular flexibility index (Phi) is 4.26. The van der Waals surface area contributed by atoms with Crippen LogP contribution in [0.25, 0.3) is 0 Å².